The van der Waals surface area contributed by atoms with Gasteiger partial charge in [-0.15, -0.1) is 0 Å². The lowest BCUT2D eigenvalue weighted by Gasteiger charge is -2.48. The van der Waals surface area contributed by atoms with Crippen LogP contribution in [-0.2, 0) is 9.59 Å². The minimum atomic E-state index is -0.642. The summed E-state index contributed by atoms with van der Waals surface area (Å²) < 4.78 is 0. The quantitative estimate of drug-likeness (QED) is 0.791. The lowest BCUT2D eigenvalue weighted by molar-refractivity contribution is -0.157. The predicted octanol–water partition coefficient (Wildman–Crippen LogP) is 1.45. The standard InChI is InChI=1S/C13H22N2O2/c1-3-13(2)12(17)14-9-11(16)15(13)10-7-5-4-6-8-10/h10H,3-9H2,1-2H3,(H,14,17). The molecule has 0 aromatic carbocycles. The summed E-state index contributed by atoms with van der Waals surface area (Å²) in [7, 11) is 0. The van der Waals surface area contributed by atoms with Crippen molar-refractivity contribution in [1.82, 2.24) is 10.2 Å². The van der Waals surface area contributed by atoms with E-state index in [1.807, 2.05) is 18.7 Å². The summed E-state index contributed by atoms with van der Waals surface area (Å²) in [6.07, 6.45) is 6.39. The van der Waals surface area contributed by atoms with Crippen LogP contribution in [0.5, 0.6) is 0 Å². The lowest BCUT2D eigenvalue weighted by atomic mass is 9.86. The number of carbonyl (C=O) groups excluding carboxylic acids is 2. The van der Waals surface area contributed by atoms with Gasteiger partial charge in [-0.3, -0.25) is 9.59 Å². The first-order valence-corrected chi connectivity index (χ1v) is 6.70. The SMILES string of the molecule is CCC1(C)C(=O)NCC(=O)N1C1CCCCC1. The van der Waals surface area contributed by atoms with Gasteiger partial charge in [0.2, 0.25) is 11.8 Å². The normalized spacial score (nSPS) is 31.5. The van der Waals surface area contributed by atoms with Gasteiger partial charge in [-0.2, -0.15) is 0 Å². The van der Waals surface area contributed by atoms with Crippen LogP contribution < -0.4 is 5.32 Å². The van der Waals surface area contributed by atoms with E-state index in [0.29, 0.717) is 6.42 Å². The number of rotatable bonds is 2. The third-order valence-corrected chi connectivity index (χ3v) is 4.32. The van der Waals surface area contributed by atoms with Crippen LogP contribution in [0.2, 0.25) is 0 Å². The highest BCUT2D eigenvalue weighted by Crippen LogP contribution is 2.32. The topological polar surface area (TPSA) is 49.4 Å². The molecule has 17 heavy (non-hydrogen) atoms. The molecule has 1 N–H and O–H groups in total. The summed E-state index contributed by atoms with van der Waals surface area (Å²) in [6, 6.07) is 0.271. The molecule has 1 aliphatic carbocycles. The maximum absolute atomic E-state index is 12.1. The largest absolute Gasteiger partial charge is 0.345 e. The molecule has 4 nitrogen and oxygen atoms in total. The van der Waals surface area contributed by atoms with E-state index in [1.54, 1.807) is 0 Å². The summed E-state index contributed by atoms with van der Waals surface area (Å²) in [6.45, 7) is 4.05. The number of nitrogens with zero attached hydrogens (tertiary/aromatic N) is 1. The van der Waals surface area contributed by atoms with E-state index < -0.39 is 5.54 Å². The summed E-state index contributed by atoms with van der Waals surface area (Å²) in [4.78, 5) is 26.0. The van der Waals surface area contributed by atoms with Gasteiger partial charge in [-0.05, 0) is 26.2 Å². The molecular weight excluding hydrogens is 216 g/mol. The Hall–Kier alpha value is -1.06. The molecule has 1 atom stereocenters. The monoisotopic (exact) mass is 238 g/mol. The molecule has 1 heterocycles. The molecule has 0 aromatic heterocycles. The average molecular weight is 238 g/mol. The molecule has 1 saturated heterocycles. The fourth-order valence-electron chi connectivity index (χ4n) is 3.09. The summed E-state index contributed by atoms with van der Waals surface area (Å²) >= 11 is 0. The van der Waals surface area contributed by atoms with Crippen LogP contribution in [0.15, 0.2) is 0 Å². The third kappa shape index (κ3) is 2.05. The van der Waals surface area contributed by atoms with Gasteiger partial charge in [0.15, 0.2) is 0 Å². The van der Waals surface area contributed by atoms with Crippen molar-refractivity contribution in [1.29, 1.82) is 0 Å². The van der Waals surface area contributed by atoms with E-state index in [0.717, 1.165) is 12.8 Å². The molecule has 0 radical (unpaired) electrons. The minimum Gasteiger partial charge on any atom is -0.345 e. The summed E-state index contributed by atoms with van der Waals surface area (Å²) in [5.41, 5.74) is -0.642. The zero-order chi connectivity index (χ0) is 12.5. The second kappa shape index (κ2) is 4.67. The molecular formula is C13H22N2O2. The van der Waals surface area contributed by atoms with Crippen molar-refractivity contribution < 1.29 is 9.59 Å². The summed E-state index contributed by atoms with van der Waals surface area (Å²) in [5.74, 6) is 0.0889. The molecule has 4 heteroatoms. The average Bonchev–Trinajstić information content (AvgIpc) is 2.36. The Morgan fingerprint density at radius 3 is 2.53 bits per heavy atom. The van der Waals surface area contributed by atoms with Crippen LogP contribution in [0.3, 0.4) is 0 Å². The molecule has 2 aliphatic rings. The van der Waals surface area contributed by atoms with Gasteiger partial charge in [-0.1, -0.05) is 26.2 Å². The number of hydrogen-bond donors (Lipinski definition) is 1. The molecule has 1 aliphatic heterocycles. The highest BCUT2D eigenvalue weighted by Gasteiger charge is 2.47. The van der Waals surface area contributed by atoms with E-state index in [2.05, 4.69) is 5.32 Å². The van der Waals surface area contributed by atoms with Crippen LogP contribution in [0, 0.1) is 0 Å². The first kappa shape index (κ1) is 12.4. The van der Waals surface area contributed by atoms with Gasteiger partial charge in [0.25, 0.3) is 0 Å². The first-order valence-electron chi connectivity index (χ1n) is 6.70. The van der Waals surface area contributed by atoms with Gasteiger partial charge in [0.05, 0.1) is 6.54 Å². The molecule has 2 fully saturated rings. The smallest absolute Gasteiger partial charge is 0.246 e. The molecule has 0 bridgehead atoms. The number of carbonyl (C=O) groups is 2. The van der Waals surface area contributed by atoms with E-state index in [-0.39, 0.29) is 24.4 Å². The molecule has 2 amide bonds. The second-order valence-electron chi connectivity index (χ2n) is 5.37. The maximum atomic E-state index is 12.1. The Labute approximate surface area is 103 Å². The van der Waals surface area contributed by atoms with E-state index in [1.165, 1.54) is 19.3 Å². The highest BCUT2D eigenvalue weighted by atomic mass is 16.2. The first-order chi connectivity index (χ1) is 8.09. The van der Waals surface area contributed by atoms with Gasteiger partial charge in [0, 0.05) is 6.04 Å². The summed E-state index contributed by atoms with van der Waals surface area (Å²) in [5, 5.41) is 2.71. The van der Waals surface area contributed by atoms with E-state index >= 15 is 0 Å². The molecule has 0 aromatic rings. The Bertz CT molecular complexity index is 323. The highest BCUT2D eigenvalue weighted by molar-refractivity contribution is 5.97. The molecule has 1 saturated carbocycles. The van der Waals surface area contributed by atoms with Crippen LogP contribution >= 0.6 is 0 Å². The van der Waals surface area contributed by atoms with Crippen LogP contribution in [0.1, 0.15) is 52.4 Å². The van der Waals surface area contributed by atoms with Crippen molar-refractivity contribution >= 4 is 11.8 Å². The molecule has 96 valence electrons. The second-order valence-corrected chi connectivity index (χ2v) is 5.37. The number of amides is 2. The zero-order valence-electron chi connectivity index (χ0n) is 10.8. The predicted molar refractivity (Wildman–Crippen MR) is 65.4 cm³/mol. The van der Waals surface area contributed by atoms with Crippen molar-refractivity contribution in [2.45, 2.75) is 64.0 Å². The lowest BCUT2D eigenvalue weighted by Crippen LogP contribution is -2.68. The van der Waals surface area contributed by atoms with Crippen molar-refractivity contribution in [3.63, 3.8) is 0 Å². The third-order valence-electron chi connectivity index (χ3n) is 4.32. The Kier molecular flexibility index (Phi) is 3.40. The van der Waals surface area contributed by atoms with Crippen molar-refractivity contribution in [2.24, 2.45) is 0 Å². The van der Waals surface area contributed by atoms with Crippen molar-refractivity contribution in [3.8, 4) is 0 Å². The molecule has 0 spiro atoms. The molecule has 2 rings (SSSR count). The van der Waals surface area contributed by atoms with Crippen LogP contribution in [-0.4, -0.2) is 34.8 Å². The maximum Gasteiger partial charge on any atom is 0.246 e. The minimum absolute atomic E-state index is 0.00479. The van der Waals surface area contributed by atoms with Gasteiger partial charge < -0.3 is 10.2 Å². The fraction of sp³-hybridized carbons (Fsp3) is 0.846. The Morgan fingerprint density at radius 2 is 1.94 bits per heavy atom. The van der Waals surface area contributed by atoms with Crippen LogP contribution in [0.25, 0.3) is 0 Å². The van der Waals surface area contributed by atoms with Gasteiger partial charge >= 0.3 is 0 Å². The Balaban J connectivity index is 2.25. The van der Waals surface area contributed by atoms with Crippen LogP contribution in [0.4, 0.5) is 0 Å². The van der Waals surface area contributed by atoms with Gasteiger partial charge in [-0.25, -0.2) is 0 Å². The fourth-order valence-corrected chi connectivity index (χ4v) is 3.09. The van der Waals surface area contributed by atoms with E-state index in [4.69, 9.17) is 0 Å². The zero-order valence-corrected chi connectivity index (χ0v) is 10.8. The number of nitrogens with one attached hydrogen (secondary N) is 1. The Morgan fingerprint density at radius 1 is 1.29 bits per heavy atom. The number of piperazine rings is 1. The van der Waals surface area contributed by atoms with Crippen molar-refractivity contribution in [3.05, 3.63) is 0 Å². The van der Waals surface area contributed by atoms with Crippen molar-refractivity contribution in [2.75, 3.05) is 6.54 Å². The van der Waals surface area contributed by atoms with Gasteiger partial charge in [0.1, 0.15) is 5.54 Å². The molecule has 1 unspecified atom stereocenters. The number of hydrogen-bond acceptors (Lipinski definition) is 2. The van der Waals surface area contributed by atoms with E-state index in [9.17, 15) is 9.59 Å².